The lowest BCUT2D eigenvalue weighted by Gasteiger charge is -2.23. The van der Waals surface area contributed by atoms with Gasteiger partial charge >= 0.3 is 0 Å². The molecule has 2 atom stereocenters. The summed E-state index contributed by atoms with van der Waals surface area (Å²) < 4.78 is 0. The van der Waals surface area contributed by atoms with Crippen LogP contribution in [0.1, 0.15) is 35.3 Å². The Morgan fingerprint density at radius 3 is 2.12 bits per heavy atom. The average Bonchev–Trinajstić information content (AvgIpc) is 2.64. The molecule has 128 valence electrons. The Labute approximate surface area is 154 Å². The molecule has 0 aliphatic carbocycles. The molecule has 0 aromatic heterocycles. The van der Waals surface area contributed by atoms with E-state index in [2.05, 4.69) is 48.6 Å². The number of aliphatic hydroxyl groups excluding tert-OH is 1. The van der Waals surface area contributed by atoms with Gasteiger partial charge < -0.3 is 10.4 Å². The molecule has 2 nitrogen and oxygen atoms in total. The lowest BCUT2D eigenvalue weighted by Crippen LogP contribution is -2.14. The van der Waals surface area contributed by atoms with Crippen LogP contribution in [0.15, 0.2) is 78.9 Å². The molecule has 3 rings (SSSR count). The van der Waals surface area contributed by atoms with Crippen LogP contribution in [-0.2, 0) is 0 Å². The number of hydrogen-bond donors (Lipinski definition) is 2. The zero-order chi connectivity index (χ0) is 17.6. The van der Waals surface area contributed by atoms with Crippen LogP contribution >= 0.6 is 11.6 Å². The van der Waals surface area contributed by atoms with E-state index in [9.17, 15) is 5.11 Å². The summed E-state index contributed by atoms with van der Waals surface area (Å²) in [6.45, 7) is 2.07. The van der Waals surface area contributed by atoms with Gasteiger partial charge in [-0.3, -0.25) is 0 Å². The lowest BCUT2D eigenvalue weighted by molar-refractivity contribution is 0.160. The summed E-state index contributed by atoms with van der Waals surface area (Å²) in [7, 11) is 0. The van der Waals surface area contributed by atoms with E-state index in [0.717, 1.165) is 16.8 Å². The van der Waals surface area contributed by atoms with Gasteiger partial charge in [0.1, 0.15) is 0 Å². The van der Waals surface area contributed by atoms with Crippen molar-refractivity contribution in [1.29, 1.82) is 0 Å². The summed E-state index contributed by atoms with van der Waals surface area (Å²) in [6.07, 6.45) is -0.0000841. The third-order valence-electron chi connectivity index (χ3n) is 4.31. The van der Waals surface area contributed by atoms with Crippen LogP contribution in [0.3, 0.4) is 0 Å². The second kappa shape index (κ2) is 8.19. The van der Waals surface area contributed by atoms with Gasteiger partial charge in [-0.25, -0.2) is 0 Å². The van der Waals surface area contributed by atoms with Gasteiger partial charge in [0.25, 0.3) is 0 Å². The second-order valence-corrected chi connectivity index (χ2v) is 6.71. The number of nitrogens with one attached hydrogen (secondary N) is 1. The van der Waals surface area contributed by atoms with E-state index in [-0.39, 0.29) is 6.04 Å². The minimum Gasteiger partial charge on any atom is -0.388 e. The molecule has 0 radical (unpaired) electrons. The summed E-state index contributed by atoms with van der Waals surface area (Å²) in [4.78, 5) is 0. The summed E-state index contributed by atoms with van der Waals surface area (Å²) in [6, 6.07) is 25.9. The van der Waals surface area contributed by atoms with Crippen molar-refractivity contribution >= 4 is 17.3 Å². The maximum atomic E-state index is 10.7. The number of hydrogen-bond acceptors (Lipinski definition) is 2. The third-order valence-corrected chi connectivity index (χ3v) is 4.56. The Balaban J connectivity index is 1.81. The molecule has 3 aromatic carbocycles. The number of halogens is 1. The van der Waals surface area contributed by atoms with E-state index in [0.29, 0.717) is 11.4 Å². The van der Waals surface area contributed by atoms with Gasteiger partial charge in [0.05, 0.1) is 12.1 Å². The summed E-state index contributed by atoms with van der Waals surface area (Å²) >= 11 is 5.94. The summed E-state index contributed by atoms with van der Waals surface area (Å²) in [5.41, 5.74) is 4.29. The van der Waals surface area contributed by atoms with E-state index in [1.54, 1.807) is 0 Å². The van der Waals surface area contributed by atoms with E-state index in [1.807, 2.05) is 42.5 Å². The van der Waals surface area contributed by atoms with Gasteiger partial charge in [0, 0.05) is 17.1 Å². The van der Waals surface area contributed by atoms with Crippen LogP contribution in [-0.4, -0.2) is 5.11 Å². The Hall–Kier alpha value is -2.29. The second-order valence-electron chi connectivity index (χ2n) is 6.28. The summed E-state index contributed by atoms with van der Waals surface area (Å²) in [5, 5.41) is 14.9. The molecule has 3 aromatic rings. The molecule has 0 saturated heterocycles. The monoisotopic (exact) mass is 351 g/mol. The van der Waals surface area contributed by atoms with Crippen LogP contribution in [0, 0.1) is 6.92 Å². The highest BCUT2D eigenvalue weighted by Crippen LogP contribution is 2.30. The first kappa shape index (κ1) is 17.5. The molecular formula is C22H22ClNO. The van der Waals surface area contributed by atoms with Gasteiger partial charge in [-0.2, -0.15) is 0 Å². The zero-order valence-electron chi connectivity index (χ0n) is 14.2. The molecule has 0 aliphatic rings. The van der Waals surface area contributed by atoms with Crippen LogP contribution < -0.4 is 5.32 Å². The first-order chi connectivity index (χ1) is 12.1. The SMILES string of the molecule is Cc1ccc(N[C@H](C[C@H](O)c2ccc(Cl)cc2)c2ccccc2)cc1. The third kappa shape index (κ3) is 4.85. The topological polar surface area (TPSA) is 32.3 Å². The average molecular weight is 352 g/mol. The Morgan fingerprint density at radius 1 is 0.840 bits per heavy atom. The highest BCUT2D eigenvalue weighted by molar-refractivity contribution is 6.30. The molecular weight excluding hydrogens is 330 g/mol. The molecule has 0 saturated carbocycles. The van der Waals surface area contributed by atoms with Gasteiger partial charge in [-0.15, -0.1) is 0 Å². The molecule has 0 aliphatic heterocycles. The largest absolute Gasteiger partial charge is 0.388 e. The van der Waals surface area contributed by atoms with Gasteiger partial charge in [-0.1, -0.05) is 71.8 Å². The van der Waals surface area contributed by atoms with E-state index >= 15 is 0 Å². The normalized spacial score (nSPS) is 13.2. The maximum Gasteiger partial charge on any atom is 0.0813 e. The molecule has 0 heterocycles. The predicted molar refractivity (Wildman–Crippen MR) is 105 cm³/mol. The number of anilines is 1. The number of aliphatic hydroxyl groups is 1. The standard InChI is InChI=1S/C22H22ClNO/c1-16-7-13-20(14-8-16)24-21(17-5-3-2-4-6-17)15-22(25)18-9-11-19(23)12-10-18/h2-14,21-22,24-25H,15H2,1H3/t21-,22+/m1/s1. The van der Waals surface area contributed by atoms with Gasteiger partial charge in [-0.05, 0) is 42.3 Å². The zero-order valence-corrected chi connectivity index (χ0v) is 14.9. The summed E-state index contributed by atoms with van der Waals surface area (Å²) in [5.74, 6) is 0. The van der Waals surface area contributed by atoms with Crippen LogP contribution in [0.2, 0.25) is 5.02 Å². The Morgan fingerprint density at radius 2 is 1.48 bits per heavy atom. The van der Waals surface area contributed by atoms with Crippen molar-refractivity contribution in [2.45, 2.75) is 25.5 Å². The minimum absolute atomic E-state index is 0.00887. The highest BCUT2D eigenvalue weighted by atomic mass is 35.5. The van der Waals surface area contributed by atoms with Crippen molar-refractivity contribution in [3.8, 4) is 0 Å². The first-order valence-electron chi connectivity index (χ1n) is 8.43. The Kier molecular flexibility index (Phi) is 5.75. The van der Waals surface area contributed by atoms with Crippen molar-refractivity contribution in [2.24, 2.45) is 0 Å². The first-order valence-corrected chi connectivity index (χ1v) is 8.81. The van der Waals surface area contributed by atoms with Crippen LogP contribution in [0.5, 0.6) is 0 Å². The van der Waals surface area contributed by atoms with Crippen LogP contribution in [0.25, 0.3) is 0 Å². The predicted octanol–water partition coefficient (Wildman–Crippen LogP) is 5.93. The fourth-order valence-corrected chi connectivity index (χ4v) is 2.98. The smallest absolute Gasteiger partial charge is 0.0813 e. The van der Waals surface area contributed by atoms with Crippen molar-refractivity contribution < 1.29 is 5.11 Å². The van der Waals surface area contributed by atoms with Crippen molar-refractivity contribution in [1.82, 2.24) is 0 Å². The van der Waals surface area contributed by atoms with E-state index in [4.69, 9.17) is 11.6 Å². The molecule has 0 fully saturated rings. The minimum atomic E-state index is -0.569. The molecule has 2 N–H and O–H groups in total. The van der Waals surface area contributed by atoms with E-state index < -0.39 is 6.10 Å². The molecule has 25 heavy (non-hydrogen) atoms. The van der Waals surface area contributed by atoms with E-state index in [1.165, 1.54) is 5.56 Å². The molecule has 0 bridgehead atoms. The Bertz CT molecular complexity index is 785. The molecule has 0 spiro atoms. The fourth-order valence-electron chi connectivity index (χ4n) is 2.86. The van der Waals surface area contributed by atoms with Crippen LogP contribution in [0.4, 0.5) is 5.69 Å². The highest BCUT2D eigenvalue weighted by Gasteiger charge is 2.18. The van der Waals surface area contributed by atoms with Gasteiger partial charge in [0.2, 0.25) is 0 Å². The van der Waals surface area contributed by atoms with Crippen molar-refractivity contribution in [2.75, 3.05) is 5.32 Å². The molecule has 3 heteroatoms. The fraction of sp³-hybridized carbons (Fsp3) is 0.182. The number of aryl methyl sites for hydroxylation is 1. The van der Waals surface area contributed by atoms with Crippen molar-refractivity contribution in [3.63, 3.8) is 0 Å². The molecule has 0 unspecified atom stereocenters. The van der Waals surface area contributed by atoms with Crippen molar-refractivity contribution in [3.05, 3.63) is 101 Å². The lowest BCUT2D eigenvalue weighted by atomic mass is 9.96. The van der Waals surface area contributed by atoms with Gasteiger partial charge in [0.15, 0.2) is 0 Å². The molecule has 0 amide bonds. The maximum absolute atomic E-state index is 10.7. The number of benzene rings is 3. The quantitative estimate of drug-likeness (QED) is 0.577. The number of rotatable bonds is 6.